The van der Waals surface area contributed by atoms with Gasteiger partial charge in [0.25, 0.3) is 5.72 Å². The second-order valence-electron chi connectivity index (χ2n) is 8.73. The predicted molar refractivity (Wildman–Crippen MR) is 131 cm³/mol. The first kappa shape index (κ1) is 29.4. The number of carbonyl (C=O) groups excluding carboxylic acids is 2. The first-order chi connectivity index (χ1) is 17.0. The highest BCUT2D eigenvalue weighted by Gasteiger charge is 2.85. The molecule has 8 atom stereocenters. The third kappa shape index (κ3) is 4.96. The van der Waals surface area contributed by atoms with Gasteiger partial charge in [-0.15, -0.1) is 0 Å². The summed E-state index contributed by atoms with van der Waals surface area (Å²) in [6.45, 7) is 0.296. The molecular weight excluding hydrogens is 625 g/mol. The zero-order valence-corrected chi connectivity index (χ0v) is 23.1. The van der Waals surface area contributed by atoms with E-state index in [4.69, 9.17) is 88.7 Å². The Kier molecular flexibility index (Phi) is 7.82. The van der Waals surface area contributed by atoms with E-state index < -0.39 is 73.6 Å². The first-order valence-electron chi connectivity index (χ1n) is 10.5. The van der Waals surface area contributed by atoms with E-state index in [0.29, 0.717) is 5.56 Å². The van der Waals surface area contributed by atoms with Crippen LogP contribution < -0.4 is 10.8 Å². The lowest BCUT2D eigenvalue weighted by Gasteiger charge is -2.65. The Morgan fingerprint density at radius 3 is 2.22 bits per heavy atom. The summed E-state index contributed by atoms with van der Waals surface area (Å²) >= 11 is 35.1. The topological polar surface area (TPSA) is 169 Å². The van der Waals surface area contributed by atoms with Crippen molar-refractivity contribution in [3.05, 3.63) is 35.9 Å². The Morgan fingerprint density at radius 1 is 1.14 bits per heavy atom. The van der Waals surface area contributed by atoms with E-state index in [9.17, 15) is 24.9 Å². The Morgan fingerprint density at radius 2 is 1.73 bits per heavy atom. The number of esters is 1. The minimum Gasteiger partial charge on any atom is -0.457 e. The Labute approximate surface area is 240 Å². The molecule has 0 radical (unpaired) electrons. The molecule has 2 aliphatic heterocycles. The predicted octanol–water partition coefficient (Wildman–Crippen LogP) is 1.96. The van der Waals surface area contributed by atoms with Gasteiger partial charge < -0.3 is 34.8 Å². The maximum Gasteiger partial charge on any atom is 0.407 e. The molecule has 11 nitrogen and oxygen atoms in total. The van der Waals surface area contributed by atoms with Crippen molar-refractivity contribution in [3.63, 3.8) is 0 Å². The highest BCUT2D eigenvalue weighted by molar-refractivity contribution is 6.68. The van der Waals surface area contributed by atoms with E-state index in [0.717, 1.165) is 6.92 Å². The van der Waals surface area contributed by atoms with Gasteiger partial charge in [0.05, 0.1) is 6.10 Å². The van der Waals surface area contributed by atoms with Crippen molar-refractivity contribution in [2.75, 3.05) is 6.61 Å². The van der Waals surface area contributed by atoms with Gasteiger partial charge in [0.2, 0.25) is 13.4 Å². The number of aliphatic hydroxyl groups is 3. The maximum absolute atomic E-state index is 12.7. The lowest BCUT2D eigenvalue weighted by Crippen LogP contribution is -2.87. The minimum atomic E-state index is -2.89. The molecule has 1 aromatic rings. The molecule has 3 aliphatic rings. The van der Waals surface area contributed by atoms with Gasteiger partial charge in [-0.3, -0.25) is 9.63 Å². The van der Waals surface area contributed by atoms with Gasteiger partial charge in [-0.2, -0.15) is 5.48 Å². The summed E-state index contributed by atoms with van der Waals surface area (Å²) in [5, 5.41) is 36.9. The number of hydrogen-bond acceptors (Lipinski definition) is 10. The van der Waals surface area contributed by atoms with Crippen LogP contribution in [0.3, 0.4) is 0 Å². The average molecular weight is 645 g/mol. The van der Waals surface area contributed by atoms with Gasteiger partial charge in [0.15, 0.2) is 6.10 Å². The molecule has 17 heteroatoms. The van der Waals surface area contributed by atoms with E-state index in [1.807, 2.05) is 0 Å². The minimum absolute atomic E-state index is 0.439. The summed E-state index contributed by atoms with van der Waals surface area (Å²) in [7, 11) is 0. The number of amides is 1. The van der Waals surface area contributed by atoms with Crippen LogP contribution in [0.4, 0.5) is 4.79 Å². The van der Waals surface area contributed by atoms with Crippen LogP contribution in [0.25, 0.3) is 0 Å². The number of halogens is 6. The summed E-state index contributed by atoms with van der Waals surface area (Å²) in [6, 6.07) is 6.30. The van der Waals surface area contributed by atoms with E-state index >= 15 is 0 Å². The number of carbonyl (C=O) groups is 2. The molecule has 1 saturated carbocycles. The molecule has 2 heterocycles. The quantitative estimate of drug-likeness (QED) is 0.181. The Hall–Kier alpha value is -0.540. The Bertz CT molecular complexity index is 1050. The van der Waals surface area contributed by atoms with Gasteiger partial charge in [-0.1, -0.05) is 99.9 Å². The molecular formula is C20H20Cl6N2O9. The average Bonchev–Trinajstić information content (AvgIpc) is 3.60. The number of fused-ring (bicyclic) bond motifs is 1. The number of rotatable bonds is 5. The van der Waals surface area contributed by atoms with Crippen molar-refractivity contribution in [3.8, 4) is 0 Å². The van der Waals surface area contributed by atoms with E-state index in [-0.39, 0.29) is 0 Å². The number of ether oxygens (including phenoxy) is 3. The van der Waals surface area contributed by atoms with Gasteiger partial charge in [0, 0.05) is 12.8 Å². The van der Waals surface area contributed by atoms with Crippen molar-refractivity contribution in [2.45, 2.75) is 61.9 Å². The molecule has 1 amide bonds. The van der Waals surface area contributed by atoms with Gasteiger partial charge in [-0.25, -0.2) is 4.79 Å². The smallest absolute Gasteiger partial charge is 0.407 e. The van der Waals surface area contributed by atoms with Crippen molar-refractivity contribution in [1.82, 2.24) is 10.8 Å². The van der Waals surface area contributed by atoms with Crippen molar-refractivity contribution < 1.29 is 44.0 Å². The molecule has 0 aromatic heterocycles. The number of alkyl carbamates (subject to hydrolysis) is 1. The maximum atomic E-state index is 12.7. The molecule has 5 N–H and O–H groups in total. The molecule has 1 aromatic carbocycles. The van der Waals surface area contributed by atoms with Crippen molar-refractivity contribution in [1.29, 1.82) is 0 Å². The van der Waals surface area contributed by atoms with Crippen LogP contribution >= 0.6 is 69.6 Å². The molecule has 37 heavy (non-hydrogen) atoms. The van der Waals surface area contributed by atoms with Crippen molar-refractivity contribution in [2.24, 2.45) is 0 Å². The lowest BCUT2D eigenvalue weighted by atomic mass is 9.55. The van der Waals surface area contributed by atoms with Crippen LogP contribution in [0.15, 0.2) is 30.3 Å². The number of hydrogen-bond donors (Lipinski definition) is 5. The fraction of sp³-hybridized carbons (Fsp3) is 0.600. The Balaban J connectivity index is 1.80. The number of aliphatic hydroxyl groups excluding tert-OH is 1. The summed E-state index contributed by atoms with van der Waals surface area (Å²) in [5.74, 6) is -4.92. The number of hydroxylamine groups is 1. The lowest BCUT2D eigenvalue weighted by molar-refractivity contribution is -0.412. The SMILES string of the molecule is CC(=O)O[C@@H]1[C@@H](NC(=O)OCC(Cl)(Cl)Cl)[C@](O)(C2(C(Cl)(Cl)Cl)NO2)O[C@@H]2C(O)C(c3ccccc3)[C@@]21O. The van der Waals surface area contributed by atoms with Crippen LogP contribution in [-0.4, -0.2) is 83.0 Å². The first-order valence-corrected chi connectivity index (χ1v) is 12.8. The molecule has 206 valence electrons. The largest absolute Gasteiger partial charge is 0.457 e. The zero-order valence-electron chi connectivity index (χ0n) is 18.5. The van der Waals surface area contributed by atoms with Crippen LogP contribution in [0, 0.1) is 0 Å². The van der Waals surface area contributed by atoms with E-state index in [1.54, 1.807) is 30.3 Å². The monoisotopic (exact) mass is 642 g/mol. The fourth-order valence-electron chi connectivity index (χ4n) is 4.80. The number of benzene rings is 1. The standard InChI is InChI=1S/C20H20Cl6N2O9/c1-8(29)35-14-12(27-15(31)34-7-16(21,22)23)18(33,19(28-37-19)20(24,25)26)36-13-11(30)10(17(13,14)32)9-5-3-2-4-6-9/h2-6,10-14,28,30,32-33H,7H2,1H3,(H,27,31)/t10?,11?,12-,13-,14-,17-,18-,19?/m1/s1. The van der Waals surface area contributed by atoms with Gasteiger partial charge >= 0.3 is 12.1 Å². The summed E-state index contributed by atoms with van der Waals surface area (Å²) < 4.78 is 11.6. The summed E-state index contributed by atoms with van der Waals surface area (Å²) in [5.41, 5.74) is -1.91. The third-order valence-electron chi connectivity index (χ3n) is 6.39. The number of alkyl halides is 6. The molecule has 0 spiro atoms. The molecule has 4 rings (SSSR count). The molecule has 1 aliphatic carbocycles. The second kappa shape index (κ2) is 9.83. The molecule has 0 bridgehead atoms. The zero-order chi connectivity index (χ0) is 27.6. The third-order valence-corrected chi connectivity index (χ3v) is 7.52. The van der Waals surface area contributed by atoms with Crippen LogP contribution in [0.1, 0.15) is 18.4 Å². The molecule has 2 saturated heterocycles. The normalized spacial score (nSPS) is 39.1. The number of nitrogens with one attached hydrogen (secondary N) is 2. The fourth-order valence-corrected chi connectivity index (χ4v) is 5.60. The van der Waals surface area contributed by atoms with Crippen LogP contribution in [0.5, 0.6) is 0 Å². The van der Waals surface area contributed by atoms with Gasteiger partial charge in [0.1, 0.15) is 24.4 Å². The highest BCUT2D eigenvalue weighted by Crippen LogP contribution is 2.61. The summed E-state index contributed by atoms with van der Waals surface area (Å²) in [4.78, 5) is 30.0. The van der Waals surface area contributed by atoms with E-state index in [2.05, 4.69) is 10.8 Å². The van der Waals surface area contributed by atoms with Crippen LogP contribution in [-0.2, 0) is 23.8 Å². The molecule has 3 unspecified atom stereocenters. The van der Waals surface area contributed by atoms with Gasteiger partial charge in [-0.05, 0) is 5.56 Å². The van der Waals surface area contributed by atoms with E-state index in [1.165, 1.54) is 0 Å². The van der Waals surface area contributed by atoms with Crippen LogP contribution in [0.2, 0.25) is 0 Å². The molecule has 3 fully saturated rings. The van der Waals surface area contributed by atoms with Crippen molar-refractivity contribution >= 4 is 81.7 Å². The highest BCUT2D eigenvalue weighted by atomic mass is 35.6. The summed E-state index contributed by atoms with van der Waals surface area (Å²) in [6.07, 6.45) is -6.18. The second-order valence-corrected chi connectivity index (χ2v) is 13.5.